The van der Waals surface area contributed by atoms with E-state index in [1.165, 1.54) is 18.6 Å². The van der Waals surface area contributed by atoms with E-state index in [0.29, 0.717) is 6.04 Å². The maximum atomic E-state index is 11.2. The van der Waals surface area contributed by atoms with Crippen molar-refractivity contribution in [3.8, 4) is 0 Å². The Morgan fingerprint density at radius 1 is 1.41 bits per heavy atom. The second kappa shape index (κ2) is 5.10. The predicted molar refractivity (Wildman–Crippen MR) is 75.5 cm³/mol. The summed E-state index contributed by atoms with van der Waals surface area (Å²) in [5.74, 6) is 2.89. The van der Waals surface area contributed by atoms with Crippen LogP contribution in [0.5, 0.6) is 0 Å². The van der Waals surface area contributed by atoms with Crippen LogP contribution in [0.15, 0.2) is 0 Å². The average molecular weight is 257 g/mol. The van der Waals surface area contributed by atoms with E-state index in [1.54, 1.807) is 0 Å². The molecule has 0 saturated carbocycles. The fraction of sp³-hybridized carbons (Fsp3) is 1.00. The van der Waals surface area contributed by atoms with Gasteiger partial charge in [-0.2, -0.15) is 11.8 Å². The molecule has 2 rings (SSSR count). The number of hydrogen-bond acceptors (Lipinski definition) is 3. The summed E-state index contributed by atoms with van der Waals surface area (Å²) in [6.07, 6.45) is 4.80. The molecule has 2 nitrogen and oxygen atoms in total. The van der Waals surface area contributed by atoms with Crippen LogP contribution >= 0.6 is 11.8 Å². The maximum Gasteiger partial charge on any atom is 0.0940 e. The molecule has 3 atom stereocenters. The van der Waals surface area contributed by atoms with Gasteiger partial charge in [-0.15, -0.1) is 0 Å². The SMILES string of the molecule is CCC1CCNC(C2(O)CSCCC2(C)C)C1. The molecule has 100 valence electrons. The second-order valence-corrected chi connectivity index (χ2v) is 7.52. The van der Waals surface area contributed by atoms with Crippen molar-refractivity contribution in [3.63, 3.8) is 0 Å². The average Bonchev–Trinajstić information content (AvgIpc) is 2.33. The molecule has 2 saturated heterocycles. The lowest BCUT2D eigenvalue weighted by Gasteiger charge is -2.52. The molecule has 0 spiro atoms. The lowest BCUT2D eigenvalue weighted by molar-refractivity contribution is -0.0903. The maximum absolute atomic E-state index is 11.2. The van der Waals surface area contributed by atoms with Gasteiger partial charge in [0, 0.05) is 11.8 Å². The molecule has 0 aromatic carbocycles. The third-order valence-electron chi connectivity index (χ3n) is 5.03. The quantitative estimate of drug-likeness (QED) is 0.798. The molecule has 2 aliphatic rings. The molecule has 0 amide bonds. The van der Waals surface area contributed by atoms with E-state index in [1.807, 2.05) is 11.8 Å². The number of piperidine rings is 1. The molecule has 0 aromatic heterocycles. The molecular weight excluding hydrogens is 230 g/mol. The minimum Gasteiger partial charge on any atom is -0.387 e. The smallest absolute Gasteiger partial charge is 0.0940 e. The van der Waals surface area contributed by atoms with Gasteiger partial charge in [-0.1, -0.05) is 27.2 Å². The Morgan fingerprint density at radius 2 is 2.18 bits per heavy atom. The topological polar surface area (TPSA) is 32.3 Å². The summed E-state index contributed by atoms with van der Waals surface area (Å²) in [5, 5.41) is 14.7. The molecule has 0 bridgehead atoms. The van der Waals surface area contributed by atoms with E-state index in [2.05, 4.69) is 26.1 Å². The monoisotopic (exact) mass is 257 g/mol. The van der Waals surface area contributed by atoms with Crippen molar-refractivity contribution in [2.24, 2.45) is 11.3 Å². The number of nitrogens with one attached hydrogen (secondary N) is 1. The van der Waals surface area contributed by atoms with Crippen LogP contribution in [0, 0.1) is 11.3 Å². The second-order valence-electron chi connectivity index (χ2n) is 6.42. The molecule has 0 radical (unpaired) electrons. The normalized spacial score (nSPS) is 42.4. The van der Waals surface area contributed by atoms with Crippen LogP contribution in [0.4, 0.5) is 0 Å². The first-order valence-corrected chi connectivity index (χ1v) is 8.18. The molecule has 0 aromatic rings. The summed E-state index contributed by atoms with van der Waals surface area (Å²) in [6.45, 7) is 7.83. The van der Waals surface area contributed by atoms with E-state index in [0.717, 1.165) is 31.1 Å². The van der Waals surface area contributed by atoms with Crippen LogP contribution in [0.2, 0.25) is 0 Å². The Balaban J connectivity index is 2.12. The zero-order chi connectivity index (χ0) is 12.5. The molecule has 3 unspecified atom stereocenters. The van der Waals surface area contributed by atoms with Gasteiger partial charge in [-0.05, 0) is 42.9 Å². The van der Waals surface area contributed by atoms with E-state index >= 15 is 0 Å². The van der Waals surface area contributed by atoms with Gasteiger partial charge in [0.15, 0.2) is 0 Å². The summed E-state index contributed by atoms with van der Waals surface area (Å²) in [5.41, 5.74) is -0.477. The van der Waals surface area contributed by atoms with Crippen LogP contribution in [-0.2, 0) is 0 Å². The Hall–Kier alpha value is 0.270. The van der Waals surface area contributed by atoms with Crippen LogP contribution < -0.4 is 5.32 Å². The molecule has 0 aliphatic carbocycles. The van der Waals surface area contributed by atoms with Crippen molar-refractivity contribution in [2.75, 3.05) is 18.1 Å². The number of aliphatic hydroxyl groups is 1. The highest BCUT2D eigenvalue weighted by Crippen LogP contribution is 2.46. The molecule has 2 heterocycles. The van der Waals surface area contributed by atoms with Gasteiger partial charge >= 0.3 is 0 Å². The van der Waals surface area contributed by atoms with Gasteiger partial charge < -0.3 is 10.4 Å². The number of rotatable bonds is 2. The summed E-state index contributed by atoms with van der Waals surface area (Å²) in [4.78, 5) is 0. The van der Waals surface area contributed by atoms with Gasteiger partial charge in [-0.25, -0.2) is 0 Å². The van der Waals surface area contributed by atoms with Gasteiger partial charge in [0.1, 0.15) is 0 Å². The highest BCUT2D eigenvalue weighted by Gasteiger charge is 2.51. The largest absolute Gasteiger partial charge is 0.387 e. The first kappa shape index (κ1) is 13.7. The molecule has 3 heteroatoms. The highest BCUT2D eigenvalue weighted by atomic mass is 32.2. The van der Waals surface area contributed by atoms with E-state index < -0.39 is 5.60 Å². The van der Waals surface area contributed by atoms with E-state index in [4.69, 9.17) is 0 Å². The zero-order valence-corrected chi connectivity index (χ0v) is 12.3. The van der Waals surface area contributed by atoms with Gasteiger partial charge in [0.25, 0.3) is 0 Å². The molecule has 2 N–H and O–H groups in total. The van der Waals surface area contributed by atoms with Crippen LogP contribution in [0.3, 0.4) is 0 Å². The third kappa shape index (κ3) is 2.52. The number of hydrogen-bond donors (Lipinski definition) is 2. The van der Waals surface area contributed by atoms with Gasteiger partial charge in [-0.3, -0.25) is 0 Å². The number of thioether (sulfide) groups is 1. The summed E-state index contributed by atoms with van der Waals surface area (Å²) in [7, 11) is 0. The minimum absolute atomic E-state index is 0.0472. The first-order valence-electron chi connectivity index (χ1n) is 7.03. The van der Waals surface area contributed by atoms with Crippen molar-refractivity contribution < 1.29 is 5.11 Å². The standard InChI is InChI=1S/C14H27NOS/c1-4-11-5-7-15-12(9-11)14(16)10-17-8-6-13(14,2)3/h11-12,15-16H,4-10H2,1-3H3. The minimum atomic E-state index is -0.524. The first-order chi connectivity index (χ1) is 7.99. The fourth-order valence-electron chi connectivity index (χ4n) is 3.27. The van der Waals surface area contributed by atoms with Crippen LogP contribution in [-0.4, -0.2) is 34.8 Å². The fourth-order valence-corrected chi connectivity index (χ4v) is 4.97. The van der Waals surface area contributed by atoms with E-state index in [-0.39, 0.29) is 5.41 Å². The molecule has 2 fully saturated rings. The molecular formula is C14H27NOS. The van der Waals surface area contributed by atoms with Crippen molar-refractivity contribution in [3.05, 3.63) is 0 Å². The Morgan fingerprint density at radius 3 is 2.82 bits per heavy atom. The summed E-state index contributed by atoms with van der Waals surface area (Å²) >= 11 is 1.92. The Bertz CT molecular complexity index is 269. The molecule has 17 heavy (non-hydrogen) atoms. The van der Waals surface area contributed by atoms with Crippen LogP contribution in [0.25, 0.3) is 0 Å². The predicted octanol–water partition coefficient (Wildman–Crippen LogP) is 2.66. The Labute approximate surface area is 110 Å². The zero-order valence-electron chi connectivity index (χ0n) is 11.5. The van der Waals surface area contributed by atoms with Crippen LogP contribution in [0.1, 0.15) is 46.5 Å². The highest BCUT2D eigenvalue weighted by molar-refractivity contribution is 7.99. The van der Waals surface area contributed by atoms with Crippen molar-refractivity contribution in [2.45, 2.75) is 58.1 Å². The Kier molecular flexibility index (Phi) is 4.11. The lowest BCUT2D eigenvalue weighted by Crippen LogP contribution is -2.64. The summed E-state index contributed by atoms with van der Waals surface area (Å²) in [6, 6.07) is 0.295. The summed E-state index contributed by atoms with van der Waals surface area (Å²) < 4.78 is 0. The van der Waals surface area contributed by atoms with Crippen molar-refractivity contribution >= 4 is 11.8 Å². The van der Waals surface area contributed by atoms with Gasteiger partial charge in [0.2, 0.25) is 0 Å². The van der Waals surface area contributed by atoms with E-state index in [9.17, 15) is 5.11 Å². The lowest BCUT2D eigenvalue weighted by atomic mass is 9.66. The van der Waals surface area contributed by atoms with Gasteiger partial charge in [0.05, 0.1) is 5.60 Å². The third-order valence-corrected chi connectivity index (χ3v) is 6.17. The molecule has 2 aliphatic heterocycles. The van der Waals surface area contributed by atoms with Crippen molar-refractivity contribution in [1.82, 2.24) is 5.32 Å². The van der Waals surface area contributed by atoms with Crippen molar-refractivity contribution in [1.29, 1.82) is 0 Å².